The quantitative estimate of drug-likeness (QED) is 0.849. The van der Waals surface area contributed by atoms with Crippen molar-refractivity contribution in [2.24, 2.45) is 0 Å². The molecule has 2 amide bonds. The molecule has 0 aromatic carbocycles. The predicted molar refractivity (Wildman–Crippen MR) is 78.6 cm³/mol. The standard InChI is InChI=1S/C13H15Cl2N3O3/c1-8(13(20)18-2-4-21-5-3-18)16-12(19)9-6-10(14)17-11(15)7-9/h6-8H,2-5H2,1H3,(H,16,19). The Morgan fingerprint density at radius 3 is 2.43 bits per heavy atom. The van der Waals surface area contributed by atoms with Crippen molar-refractivity contribution in [1.29, 1.82) is 0 Å². The minimum Gasteiger partial charge on any atom is -0.378 e. The van der Waals surface area contributed by atoms with E-state index in [1.807, 2.05) is 0 Å². The van der Waals surface area contributed by atoms with Gasteiger partial charge >= 0.3 is 0 Å². The van der Waals surface area contributed by atoms with Gasteiger partial charge in [-0.15, -0.1) is 0 Å². The maximum Gasteiger partial charge on any atom is 0.252 e. The van der Waals surface area contributed by atoms with Crippen molar-refractivity contribution in [3.8, 4) is 0 Å². The van der Waals surface area contributed by atoms with E-state index in [-0.39, 0.29) is 21.8 Å². The highest BCUT2D eigenvalue weighted by Crippen LogP contribution is 2.14. The van der Waals surface area contributed by atoms with Gasteiger partial charge < -0.3 is 15.0 Å². The van der Waals surface area contributed by atoms with E-state index >= 15 is 0 Å². The van der Waals surface area contributed by atoms with E-state index in [9.17, 15) is 9.59 Å². The lowest BCUT2D eigenvalue weighted by atomic mass is 10.2. The molecule has 21 heavy (non-hydrogen) atoms. The molecule has 0 aliphatic carbocycles. The zero-order valence-electron chi connectivity index (χ0n) is 11.4. The van der Waals surface area contributed by atoms with Crippen LogP contribution in [0, 0.1) is 0 Å². The number of amides is 2. The molecular formula is C13H15Cl2N3O3. The molecule has 114 valence electrons. The molecular weight excluding hydrogens is 317 g/mol. The minimum absolute atomic E-state index is 0.125. The summed E-state index contributed by atoms with van der Waals surface area (Å²) in [4.78, 5) is 29.7. The summed E-state index contributed by atoms with van der Waals surface area (Å²) in [5, 5.41) is 2.88. The number of aromatic nitrogens is 1. The van der Waals surface area contributed by atoms with Gasteiger partial charge in [-0.1, -0.05) is 23.2 Å². The second-order valence-corrected chi connectivity index (χ2v) is 5.41. The van der Waals surface area contributed by atoms with Crippen LogP contribution >= 0.6 is 23.2 Å². The largest absolute Gasteiger partial charge is 0.378 e. The van der Waals surface area contributed by atoms with Crippen molar-refractivity contribution >= 4 is 35.0 Å². The molecule has 0 saturated carbocycles. The van der Waals surface area contributed by atoms with Gasteiger partial charge in [0.1, 0.15) is 16.3 Å². The van der Waals surface area contributed by atoms with Crippen molar-refractivity contribution in [2.75, 3.05) is 26.3 Å². The number of carbonyl (C=O) groups is 2. The number of nitrogens with zero attached hydrogens (tertiary/aromatic N) is 2. The average Bonchev–Trinajstić information content (AvgIpc) is 2.46. The molecule has 1 saturated heterocycles. The maximum absolute atomic E-state index is 12.2. The third-order valence-electron chi connectivity index (χ3n) is 3.07. The molecule has 0 bridgehead atoms. The highest BCUT2D eigenvalue weighted by Gasteiger charge is 2.24. The molecule has 1 unspecified atom stereocenters. The minimum atomic E-state index is -0.638. The van der Waals surface area contributed by atoms with Gasteiger partial charge in [0, 0.05) is 18.7 Å². The molecule has 1 aliphatic heterocycles. The van der Waals surface area contributed by atoms with Gasteiger partial charge in [0.05, 0.1) is 13.2 Å². The Morgan fingerprint density at radius 2 is 1.86 bits per heavy atom. The Balaban J connectivity index is 1.99. The fourth-order valence-electron chi connectivity index (χ4n) is 2.00. The summed E-state index contributed by atoms with van der Waals surface area (Å²) >= 11 is 11.5. The Kier molecular flexibility index (Phi) is 5.39. The summed E-state index contributed by atoms with van der Waals surface area (Å²) in [5.41, 5.74) is 0.265. The molecule has 2 heterocycles. The first-order valence-corrected chi connectivity index (χ1v) is 7.23. The van der Waals surface area contributed by atoms with E-state index in [1.54, 1.807) is 11.8 Å². The molecule has 1 aromatic heterocycles. The fraction of sp³-hybridized carbons (Fsp3) is 0.462. The summed E-state index contributed by atoms with van der Waals surface area (Å²) in [6.45, 7) is 3.74. The zero-order chi connectivity index (χ0) is 15.4. The summed E-state index contributed by atoms with van der Waals surface area (Å²) in [6.07, 6.45) is 0. The Hall–Kier alpha value is -1.37. The normalized spacial score (nSPS) is 16.4. The zero-order valence-corrected chi connectivity index (χ0v) is 12.9. The summed E-state index contributed by atoms with van der Waals surface area (Å²) in [5.74, 6) is -0.562. The van der Waals surface area contributed by atoms with Crippen LogP contribution in [0.25, 0.3) is 0 Å². The lowest BCUT2D eigenvalue weighted by molar-refractivity contribution is -0.136. The van der Waals surface area contributed by atoms with Crippen LogP contribution in [-0.4, -0.2) is 54.0 Å². The number of nitrogens with one attached hydrogen (secondary N) is 1. The Labute approximate surface area is 132 Å². The van der Waals surface area contributed by atoms with Crippen molar-refractivity contribution in [2.45, 2.75) is 13.0 Å². The van der Waals surface area contributed by atoms with E-state index in [1.165, 1.54) is 12.1 Å². The molecule has 8 heteroatoms. The first kappa shape index (κ1) is 16.0. The van der Waals surface area contributed by atoms with E-state index in [0.717, 1.165) is 0 Å². The highest BCUT2D eigenvalue weighted by atomic mass is 35.5. The van der Waals surface area contributed by atoms with E-state index < -0.39 is 11.9 Å². The lowest BCUT2D eigenvalue weighted by Crippen LogP contribution is -2.50. The highest BCUT2D eigenvalue weighted by molar-refractivity contribution is 6.33. The number of morpholine rings is 1. The molecule has 1 fully saturated rings. The first-order valence-electron chi connectivity index (χ1n) is 6.48. The molecule has 0 radical (unpaired) electrons. The second kappa shape index (κ2) is 7.06. The lowest BCUT2D eigenvalue weighted by Gasteiger charge is -2.29. The van der Waals surface area contributed by atoms with Gasteiger partial charge in [-0.2, -0.15) is 0 Å². The second-order valence-electron chi connectivity index (χ2n) is 4.63. The molecule has 1 aromatic rings. The van der Waals surface area contributed by atoms with Crippen LogP contribution in [-0.2, 0) is 9.53 Å². The topological polar surface area (TPSA) is 71.5 Å². The average molecular weight is 332 g/mol. The Bertz CT molecular complexity index is 527. The van der Waals surface area contributed by atoms with E-state index in [4.69, 9.17) is 27.9 Å². The SMILES string of the molecule is CC(NC(=O)c1cc(Cl)nc(Cl)c1)C(=O)N1CCOCC1. The van der Waals surface area contributed by atoms with Crippen LogP contribution in [0.4, 0.5) is 0 Å². The van der Waals surface area contributed by atoms with Crippen molar-refractivity contribution in [1.82, 2.24) is 15.2 Å². The number of hydrogen-bond donors (Lipinski definition) is 1. The van der Waals surface area contributed by atoms with Crippen LogP contribution in [0.2, 0.25) is 10.3 Å². The summed E-state index contributed by atoms with van der Waals surface area (Å²) in [7, 11) is 0. The molecule has 1 aliphatic rings. The third kappa shape index (κ3) is 4.30. The summed E-state index contributed by atoms with van der Waals surface area (Å²) < 4.78 is 5.19. The van der Waals surface area contributed by atoms with Gasteiger partial charge in [-0.25, -0.2) is 4.98 Å². The molecule has 1 N–H and O–H groups in total. The van der Waals surface area contributed by atoms with Gasteiger partial charge in [-0.05, 0) is 19.1 Å². The van der Waals surface area contributed by atoms with Crippen molar-refractivity contribution < 1.29 is 14.3 Å². The molecule has 2 rings (SSSR count). The predicted octanol–water partition coefficient (Wildman–Crippen LogP) is 1.37. The molecule has 0 spiro atoms. The van der Waals surface area contributed by atoms with Crippen LogP contribution in [0.1, 0.15) is 17.3 Å². The number of rotatable bonds is 3. The third-order valence-corrected chi connectivity index (χ3v) is 3.45. The summed E-state index contributed by atoms with van der Waals surface area (Å²) in [6, 6.07) is 2.16. The number of ether oxygens (including phenoxy) is 1. The number of halogens is 2. The van der Waals surface area contributed by atoms with Crippen LogP contribution in [0.3, 0.4) is 0 Å². The van der Waals surface area contributed by atoms with Gasteiger partial charge in [0.2, 0.25) is 5.91 Å². The molecule has 6 nitrogen and oxygen atoms in total. The number of pyridine rings is 1. The van der Waals surface area contributed by atoms with E-state index in [0.29, 0.717) is 26.3 Å². The number of hydrogen-bond acceptors (Lipinski definition) is 4. The van der Waals surface area contributed by atoms with Crippen molar-refractivity contribution in [3.63, 3.8) is 0 Å². The van der Waals surface area contributed by atoms with Gasteiger partial charge in [0.25, 0.3) is 5.91 Å². The van der Waals surface area contributed by atoms with Crippen LogP contribution < -0.4 is 5.32 Å². The van der Waals surface area contributed by atoms with Gasteiger partial charge in [0.15, 0.2) is 0 Å². The monoisotopic (exact) mass is 331 g/mol. The first-order chi connectivity index (χ1) is 9.97. The van der Waals surface area contributed by atoms with Crippen LogP contribution in [0.15, 0.2) is 12.1 Å². The maximum atomic E-state index is 12.2. The molecule has 1 atom stereocenters. The van der Waals surface area contributed by atoms with Crippen LogP contribution in [0.5, 0.6) is 0 Å². The van der Waals surface area contributed by atoms with Crippen molar-refractivity contribution in [3.05, 3.63) is 28.0 Å². The van der Waals surface area contributed by atoms with Gasteiger partial charge in [-0.3, -0.25) is 9.59 Å². The Morgan fingerprint density at radius 1 is 1.29 bits per heavy atom. The van der Waals surface area contributed by atoms with E-state index in [2.05, 4.69) is 10.3 Å². The number of carbonyl (C=O) groups excluding carboxylic acids is 2. The smallest absolute Gasteiger partial charge is 0.252 e. The fourth-order valence-corrected chi connectivity index (χ4v) is 2.46.